The maximum atomic E-state index is 15.2. The Balaban J connectivity index is 1.54. The number of ether oxygens (including phenoxy) is 5. The van der Waals surface area contributed by atoms with Crippen LogP contribution in [0.25, 0.3) is 0 Å². The van der Waals surface area contributed by atoms with Crippen LogP contribution < -0.4 is 14.8 Å². The van der Waals surface area contributed by atoms with E-state index in [0.717, 1.165) is 0 Å². The molecule has 2 heterocycles. The zero-order chi connectivity index (χ0) is 34.1. The molecular formula is C34H38FN3O9. The van der Waals surface area contributed by atoms with E-state index in [1.165, 1.54) is 67.9 Å². The highest BCUT2D eigenvalue weighted by Crippen LogP contribution is 2.31. The Morgan fingerprint density at radius 1 is 0.936 bits per heavy atom. The van der Waals surface area contributed by atoms with Gasteiger partial charge in [-0.15, -0.1) is 0 Å². The van der Waals surface area contributed by atoms with E-state index in [-0.39, 0.29) is 41.5 Å². The number of benzene rings is 2. The van der Waals surface area contributed by atoms with Gasteiger partial charge in [0.05, 0.1) is 18.7 Å². The van der Waals surface area contributed by atoms with Gasteiger partial charge in [0.1, 0.15) is 23.0 Å². The van der Waals surface area contributed by atoms with Crippen LogP contribution >= 0.6 is 0 Å². The lowest BCUT2D eigenvalue weighted by Crippen LogP contribution is -2.51. The summed E-state index contributed by atoms with van der Waals surface area (Å²) in [5, 5.41) is 2.90. The van der Waals surface area contributed by atoms with E-state index in [9.17, 15) is 19.2 Å². The first-order chi connectivity index (χ1) is 22.4. The van der Waals surface area contributed by atoms with Gasteiger partial charge in [-0.2, -0.15) is 0 Å². The van der Waals surface area contributed by atoms with Crippen LogP contribution in [0.3, 0.4) is 0 Å². The van der Waals surface area contributed by atoms with E-state index in [0.29, 0.717) is 24.9 Å². The molecule has 1 fully saturated rings. The van der Waals surface area contributed by atoms with Crippen molar-refractivity contribution in [3.8, 4) is 11.5 Å². The highest BCUT2D eigenvalue weighted by Gasteiger charge is 2.35. The van der Waals surface area contributed by atoms with Crippen molar-refractivity contribution in [2.24, 2.45) is 0 Å². The van der Waals surface area contributed by atoms with Crippen LogP contribution in [-0.2, 0) is 14.2 Å². The van der Waals surface area contributed by atoms with E-state index in [4.69, 9.17) is 23.7 Å². The summed E-state index contributed by atoms with van der Waals surface area (Å²) in [5.74, 6) is -2.91. The normalized spacial score (nSPS) is 16.4. The summed E-state index contributed by atoms with van der Waals surface area (Å²) in [4.78, 5) is 58.2. The highest BCUT2D eigenvalue weighted by molar-refractivity contribution is 6.11. The fraction of sp³-hybridized carbons (Fsp3) is 0.382. The number of hydrogen-bond donors (Lipinski definition) is 1. The van der Waals surface area contributed by atoms with Gasteiger partial charge in [-0.1, -0.05) is 12.1 Å². The number of methoxy groups -OCH3 is 2. The van der Waals surface area contributed by atoms with Crippen LogP contribution in [0.4, 0.5) is 9.18 Å². The fourth-order valence-electron chi connectivity index (χ4n) is 4.92. The maximum absolute atomic E-state index is 15.2. The molecule has 0 spiro atoms. The minimum absolute atomic E-state index is 0.0349. The molecule has 1 saturated heterocycles. The van der Waals surface area contributed by atoms with Crippen LogP contribution in [0, 0.1) is 5.82 Å². The number of nitrogens with one attached hydrogen (secondary N) is 1. The molecule has 1 N–H and O–H groups in total. The highest BCUT2D eigenvalue weighted by atomic mass is 19.1. The predicted octanol–water partition coefficient (Wildman–Crippen LogP) is 4.80. The van der Waals surface area contributed by atoms with Crippen molar-refractivity contribution < 1.29 is 47.3 Å². The molecule has 0 radical (unpaired) electrons. The summed E-state index contributed by atoms with van der Waals surface area (Å²) < 4.78 is 42.0. The molecule has 0 unspecified atom stereocenters. The maximum Gasteiger partial charge on any atom is 0.410 e. The molecule has 1 aromatic heterocycles. The van der Waals surface area contributed by atoms with Crippen LogP contribution in [0.1, 0.15) is 70.3 Å². The minimum atomic E-state index is -0.900. The third-order valence-corrected chi connectivity index (χ3v) is 7.18. The van der Waals surface area contributed by atoms with Gasteiger partial charge >= 0.3 is 12.1 Å². The lowest BCUT2D eigenvalue weighted by Gasteiger charge is -2.30. The largest absolute Gasteiger partial charge is 0.494 e. The first-order valence-corrected chi connectivity index (χ1v) is 14.9. The number of carbonyl (C=O) groups is 4. The van der Waals surface area contributed by atoms with Gasteiger partial charge in [-0.3, -0.25) is 14.6 Å². The summed E-state index contributed by atoms with van der Waals surface area (Å²) >= 11 is 0. The average molecular weight is 652 g/mol. The first kappa shape index (κ1) is 34.8. The van der Waals surface area contributed by atoms with Crippen LogP contribution in [0.5, 0.6) is 11.5 Å². The summed E-state index contributed by atoms with van der Waals surface area (Å²) in [6, 6.07) is 10.6. The van der Waals surface area contributed by atoms with E-state index in [2.05, 4.69) is 10.3 Å². The number of nitrogens with zero attached hydrogens (tertiary/aromatic N) is 2. The average Bonchev–Trinajstić information content (AvgIpc) is 3.25. The summed E-state index contributed by atoms with van der Waals surface area (Å²) in [6.07, 6.45) is 2.45. The number of carbonyl (C=O) groups excluding carboxylic acids is 4. The molecule has 1 aliphatic rings. The van der Waals surface area contributed by atoms with Crippen LogP contribution in [0.15, 0.2) is 60.9 Å². The van der Waals surface area contributed by atoms with E-state index < -0.39 is 47.3 Å². The number of aromatic nitrogens is 1. The summed E-state index contributed by atoms with van der Waals surface area (Å²) in [7, 11) is 2.67. The second kappa shape index (κ2) is 15.5. The van der Waals surface area contributed by atoms with Crippen molar-refractivity contribution in [2.75, 3.05) is 34.1 Å². The van der Waals surface area contributed by atoms with Gasteiger partial charge in [0.25, 0.3) is 5.91 Å². The van der Waals surface area contributed by atoms with Gasteiger partial charge in [0, 0.05) is 43.7 Å². The molecule has 47 heavy (non-hydrogen) atoms. The van der Waals surface area contributed by atoms with Crippen molar-refractivity contribution in [1.82, 2.24) is 15.2 Å². The van der Waals surface area contributed by atoms with Gasteiger partial charge in [0.15, 0.2) is 24.1 Å². The Morgan fingerprint density at radius 2 is 1.60 bits per heavy atom. The van der Waals surface area contributed by atoms with Crippen molar-refractivity contribution in [2.45, 2.75) is 51.4 Å². The van der Waals surface area contributed by atoms with Crippen LogP contribution in [0.2, 0.25) is 0 Å². The standard InChI is InChI=1S/C34H38FN3O9/c1-34(2,3)47-33(42)38-18-6-7-25(24(19-38)37-31(40)22-14-16-36-17-15-22)46-32(41)23-10-8-21(9-11-23)30(39)28-26(45-20-43-4)12-13-27(44-5)29(28)35/h8-17,24-25H,6-7,18-20H2,1-5H3,(H,37,40)/t24-,25-/m1/s1. The summed E-state index contributed by atoms with van der Waals surface area (Å²) in [5.41, 5.74) is -0.522. The topological polar surface area (TPSA) is 143 Å². The molecule has 12 nitrogen and oxygen atoms in total. The lowest BCUT2D eigenvalue weighted by molar-refractivity contribution is 0.0127. The van der Waals surface area contributed by atoms with Gasteiger partial charge in [-0.05, 0) is 70.0 Å². The Bertz CT molecular complexity index is 1580. The molecule has 2 amide bonds. The van der Waals surface area contributed by atoms with Crippen molar-refractivity contribution >= 4 is 23.8 Å². The zero-order valence-electron chi connectivity index (χ0n) is 26.9. The van der Waals surface area contributed by atoms with Gasteiger partial charge in [0.2, 0.25) is 0 Å². The van der Waals surface area contributed by atoms with Crippen molar-refractivity contribution in [1.29, 1.82) is 0 Å². The van der Waals surface area contributed by atoms with Crippen molar-refractivity contribution in [3.05, 3.63) is 89.0 Å². The second-order valence-electron chi connectivity index (χ2n) is 11.7. The first-order valence-electron chi connectivity index (χ1n) is 14.9. The predicted molar refractivity (Wildman–Crippen MR) is 167 cm³/mol. The quantitative estimate of drug-likeness (QED) is 0.185. The molecule has 0 aliphatic carbocycles. The smallest absolute Gasteiger partial charge is 0.410 e. The molecule has 13 heteroatoms. The number of halogens is 1. The third-order valence-electron chi connectivity index (χ3n) is 7.18. The van der Waals surface area contributed by atoms with Gasteiger partial charge in [-0.25, -0.2) is 14.0 Å². The molecule has 2 atom stereocenters. The van der Waals surface area contributed by atoms with E-state index in [1.54, 1.807) is 32.9 Å². The monoisotopic (exact) mass is 651 g/mol. The Hall–Kier alpha value is -5.04. The Kier molecular flexibility index (Phi) is 11.5. The molecule has 2 aromatic carbocycles. The lowest BCUT2D eigenvalue weighted by atomic mass is 10.00. The second-order valence-corrected chi connectivity index (χ2v) is 11.7. The SMILES string of the molecule is COCOc1ccc(OC)c(F)c1C(=O)c1ccc(C(=O)O[C@@H]2CCCN(C(=O)OC(C)(C)C)C[C@H]2NC(=O)c2ccncc2)cc1. The molecule has 250 valence electrons. The number of hydrogen-bond acceptors (Lipinski definition) is 10. The number of likely N-dealkylation sites (tertiary alicyclic amines) is 1. The number of esters is 1. The number of ketones is 1. The molecule has 1 aliphatic heterocycles. The number of rotatable bonds is 10. The van der Waals surface area contributed by atoms with E-state index in [1.807, 2.05) is 0 Å². The molecule has 4 rings (SSSR count). The van der Waals surface area contributed by atoms with E-state index >= 15 is 4.39 Å². The Labute approximate surface area is 272 Å². The number of pyridine rings is 1. The molecular weight excluding hydrogens is 613 g/mol. The molecule has 3 aromatic rings. The van der Waals surface area contributed by atoms with Gasteiger partial charge < -0.3 is 33.9 Å². The zero-order valence-corrected chi connectivity index (χ0v) is 26.9. The van der Waals surface area contributed by atoms with Crippen LogP contribution in [-0.4, -0.2) is 85.5 Å². The summed E-state index contributed by atoms with van der Waals surface area (Å²) in [6.45, 7) is 5.44. The third kappa shape index (κ3) is 9.03. The minimum Gasteiger partial charge on any atom is -0.494 e. The number of amides is 2. The fourth-order valence-corrected chi connectivity index (χ4v) is 4.92. The Morgan fingerprint density at radius 3 is 2.23 bits per heavy atom. The molecule has 0 bridgehead atoms. The van der Waals surface area contributed by atoms with Crippen molar-refractivity contribution in [3.63, 3.8) is 0 Å². The molecule has 0 saturated carbocycles.